The fourth-order valence-corrected chi connectivity index (χ4v) is 4.91. The zero-order chi connectivity index (χ0) is 22.6. The number of ether oxygens (including phenoxy) is 1. The van der Waals surface area contributed by atoms with Crippen LogP contribution < -0.4 is 14.4 Å². The van der Waals surface area contributed by atoms with Crippen molar-refractivity contribution in [1.82, 2.24) is 0 Å². The normalized spacial score (nSPS) is 11.1. The highest BCUT2D eigenvalue weighted by Gasteiger charge is 2.30. The second kappa shape index (κ2) is 9.78. The van der Waals surface area contributed by atoms with Crippen molar-refractivity contribution in [3.8, 4) is 5.75 Å². The minimum atomic E-state index is -4.14. The Labute approximate surface area is 195 Å². The number of nitrogens with zero attached hydrogens (tertiary/aromatic N) is 1. The molecule has 0 aliphatic rings. The number of methoxy groups -OCH3 is 1. The lowest BCUT2D eigenvalue weighted by Crippen LogP contribution is -2.38. The van der Waals surface area contributed by atoms with Crippen molar-refractivity contribution in [3.63, 3.8) is 0 Å². The first-order chi connectivity index (χ1) is 14.7. The topological polar surface area (TPSA) is 75.7 Å². The first-order valence-electron chi connectivity index (χ1n) is 8.89. The molecule has 3 rings (SSSR count). The average Bonchev–Trinajstić information content (AvgIpc) is 2.75. The van der Waals surface area contributed by atoms with Crippen LogP contribution in [0.25, 0.3) is 0 Å². The van der Waals surface area contributed by atoms with Gasteiger partial charge in [0, 0.05) is 5.02 Å². The van der Waals surface area contributed by atoms with Crippen LogP contribution in [0.1, 0.15) is 0 Å². The van der Waals surface area contributed by atoms with E-state index in [1.807, 2.05) is 0 Å². The molecule has 1 amide bonds. The molecule has 162 valence electrons. The number of para-hydroxylation sites is 1. The lowest BCUT2D eigenvalue weighted by Gasteiger charge is -2.26. The van der Waals surface area contributed by atoms with Gasteiger partial charge in [-0.2, -0.15) is 0 Å². The van der Waals surface area contributed by atoms with Gasteiger partial charge >= 0.3 is 0 Å². The van der Waals surface area contributed by atoms with E-state index in [4.69, 9.17) is 39.5 Å². The predicted octanol–water partition coefficient (Wildman–Crippen LogP) is 5.49. The van der Waals surface area contributed by atoms with Crippen molar-refractivity contribution in [2.75, 3.05) is 23.3 Å². The molecule has 0 bridgehead atoms. The van der Waals surface area contributed by atoms with Gasteiger partial charge in [-0.05, 0) is 42.5 Å². The second-order valence-electron chi connectivity index (χ2n) is 6.29. The van der Waals surface area contributed by atoms with Gasteiger partial charge < -0.3 is 10.1 Å². The highest BCUT2D eigenvalue weighted by Crippen LogP contribution is 2.35. The van der Waals surface area contributed by atoms with E-state index in [1.54, 1.807) is 42.5 Å². The first-order valence-corrected chi connectivity index (χ1v) is 11.5. The summed E-state index contributed by atoms with van der Waals surface area (Å²) < 4.78 is 33.1. The molecule has 31 heavy (non-hydrogen) atoms. The molecule has 3 aromatic rings. The molecule has 0 atom stereocenters. The second-order valence-corrected chi connectivity index (χ2v) is 9.40. The average molecular weight is 500 g/mol. The van der Waals surface area contributed by atoms with Gasteiger partial charge in [-0.3, -0.25) is 9.10 Å². The maximum atomic E-state index is 13.4. The molecule has 0 saturated carbocycles. The number of hydrogen-bond acceptors (Lipinski definition) is 4. The Morgan fingerprint density at radius 2 is 1.61 bits per heavy atom. The van der Waals surface area contributed by atoms with E-state index >= 15 is 0 Å². The van der Waals surface area contributed by atoms with E-state index in [0.717, 1.165) is 4.31 Å². The van der Waals surface area contributed by atoms with Gasteiger partial charge in [-0.1, -0.05) is 59.1 Å². The summed E-state index contributed by atoms with van der Waals surface area (Å²) in [7, 11) is -2.75. The molecule has 0 aromatic heterocycles. The van der Waals surface area contributed by atoms with Gasteiger partial charge in [0.25, 0.3) is 10.0 Å². The van der Waals surface area contributed by atoms with Crippen molar-refractivity contribution in [3.05, 3.63) is 81.8 Å². The summed E-state index contributed by atoms with van der Waals surface area (Å²) >= 11 is 18.3. The van der Waals surface area contributed by atoms with Crippen LogP contribution in [-0.4, -0.2) is 28.0 Å². The summed E-state index contributed by atoms with van der Waals surface area (Å²) in [4.78, 5) is 12.9. The van der Waals surface area contributed by atoms with E-state index < -0.39 is 22.5 Å². The van der Waals surface area contributed by atoms with E-state index in [2.05, 4.69) is 5.32 Å². The molecular formula is C21H17Cl3N2O4S. The van der Waals surface area contributed by atoms with Crippen molar-refractivity contribution in [2.45, 2.75) is 4.90 Å². The third-order valence-electron chi connectivity index (χ3n) is 4.26. The molecule has 0 radical (unpaired) electrons. The molecule has 0 unspecified atom stereocenters. The van der Waals surface area contributed by atoms with Crippen LogP contribution in [0.3, 0.4) is 0 Å². The number of carbonyl (C=O) groups is 1. The number of nitrogens with one attached hydrogen (secondary N) is 1. The number of anilines is 2. The van der Waals surface area contributed by atoms with Gasteiger partial charge in [0.1, 0.15) is 12.3 Å². The first kappa shape index (κ1) is 23.2. The van der Waals surface area contributed by atoms with Crippen LogP contribution in [0, 0.1) is 0 Å². The fraction of sp³-hybridized carbons (Fsp3) is 0.0952. The number of halogens is 3. The van der Waals surface area contributed by atoms with Gasteiger partial charge in [-0.15, -0.1) is 0 Å². The summed E-state index contributed by atoms with van der Waals surface area (Å²) in [6.45, 7) is -0.574. The molecule has 6 nitrogen and oxygen atoms in total. The zero-order valence-electron chi connectivity index (χ0n) is 16.2. The summed E-state index contributed by atoms with van der Waals surface area (Å²) in [5.41, 5.74) is 0.296. The summed E-state index contributed by atoms with van der Waals surface area (Å²) in [6, 6.07) is 17.0. The molecule has 0 heterocycles. The Balaban J connectivity index is 2.05. The minimum absolute atomic E-state index is 0.000560. The van der Waals surface area contributed by atoms with Gasteiger partial charge in [-0.25, -0.2) is 8.42 Å². The highest BCUT2D eigenvalue weighted by atomic mass is 35.5. The Hall–Kier alpha value is -2.45. The maximum Gasteiger partial charge on any atom is 0.264 e. The Morgan fingerprint density at radius 3 is 2.23 bits per heavy atom. The van der Waals surface area contributed by atoms with Crippen LogP contribution in [-0.2, 0) is 14.8 Å². The minimum Gasteiger partial charge on any atom is -0.495 e. The van der Waals surface area contributed by atoms with Crippen molar-refractivity contribution < 1.29 is 17.9 Å². The van der Waals surface area contributed by atoms with Gasteiger partial charge in [0.05, 0.1) is 33.4 Å². The van der Waals surface area contributed by atoms with E-state index in [1.165, 1.54) is 31.4 Å². The lowest BCUT2D eigenvalue weighted by molar-refractivity contribution is -0.114. The third-order valence-corrected chi connectivity index (χ3v) is 6.89. The smallest absolute Gasteiger partial charge is 0.264 e. The van der Waals surface area contributed by atoms with Crippen LogP contribution in [0.2, 0.25) is 15.1 Å². The van der Waals surface area contributed by atoms with Gasteiger partial charge in [0.2, 0.25) is 5.91 Å². The summed E-state index contributed by atoms with van der Waals surface area (Å²) in [5, 5.41) is 3.29. The largest absolute Gasteiger partial charge is 0.495 e. The van der Waals surface area contributed by atoms with Crippen LogP contribution in [0.4, 0.5) is 11.4 Å². The number of rotatable bonds is 7. The molecule has 1 N–H and O–H groups in total. The Morgan fingerprint density at radius 1 is 0.968 bits per heavy atom. The Bertz CT molecular complexity index is 1180. The number of hydrogen-bond donors (Lipinski definition) is 1. The van der Waals surface area contributed by atoms with Crippen LogP contribution >= 0.6 is 34.8 Å². The van der Waals surface area contributed by atoms with Crippen LogP contribution in [0.15, 0.2) is 71.6 Å². The molecule has 0 aliphatic carbocycles. The molecule has 3 aromatic carbocycles. The number of carbonyl (C=O) groups excluding carboxylic acids is 1. The quantitative estimate of drug-likeness (QED) is 0.466. The number of benzene rings is 3. The van der Waals surface area contributed by atoms with Crippen molar-refractivity contribution in [1.29, 1.82) is 0 Å². The van der Waals surface area contributed by atoms with Crippen LogP contribution in [0.5, 0.6) is 5.75 Å². The third kappa shape index (κ3) is 5.25. The standard InChI is InChI=1S/C21H17Cl3N2O4S/c1-30-19-11-10-14(22)12-18(19)26(31(28,29)15-6-3-2-4-7-15)13-20(27)25-21-16(23)8-5-9-17(21)24/h2-12H,13H2,1H3,(H,25,27). The van der Waals surface area contributed by atoms with Gasteiger partial charge in [0.15, 0.2) is 0 Å². The fourth-order valence-electron chi connectivity index (χ4n) is 2.80. The molecule has 0 fully saturated rings. The zero-order valence-corrected chi connectivity index (χ0v) is 19.3. The highest BCUT2D eigenvalue weighted by molar-refractivity contribution is 7.92. The summed E-state index contributed by atoms with van der Waals surface area (Å²) in [6.07, 6.45) is 0. The molecule has 0 spiro atoms. The SMILES string of the molecule is COc1ccc(Cl)cc1N(CC(=O)Nc1c(Cl)cccc1Cl)S(=O)(=O)c1ccccc1. The maximum absolute atomic E-state index is 13.4. The molecule has 10 heteroatoms. The van der Waals surface area contributed by atoms with Crippen molar-refractivity contribution in [2.24, 2.45) is 0 Å². The van der Waals surface area contributed by atoms with Crippen molar-refractivity contribution >= 4 is 62.1 Å². The van der Waals surface area contributed by atoms with E-state index in [0.29, 0.717) is 0 Å². The Kier molecular flexibility index (Phi) is 7.33. The lowest BCUT2D eigenvalue weighted by atomic mass is 10.3. The predicted molar refractivity (Wildman–Crippen MR) is 124 cm³/mol. The molecule has 0 aliphatic heterocycles. The monoisotopic (exact) mass is 498 g/mol. The molecular weight excluding hydrogens is 483 g/mol. The molecule has 0 saturated heterocycles. The summed E-state index contributed by atoms with van der Waals surface area (Å²) in [5.74, 6) is -0.427. The van der Waals surface area contributed by atoms with E-state index in [-0.39, 0.29) is 37.1 Å². The number of sulfonamides is 1. The number of amides is 1. The van der Waals surface area contributed by atoms with E-state index in [9.17, 15) is 13.2 Å².